The minimum atomic E-state index is -0.423. The number of hydrogen-bond acceptors (Lipinski definition) is 4. The van der Waals surface area contributed by atoms with Crippen LogP contribution in [0.2, 0.25) is 0 Å². The van der Waals surface area contributed by atoms with Crippen LogP contribution >= 0.6 is 0 Å². The van der Waals surface area contributed by atoms with E-state index in [0.29, 0.717) is 18.3 Å². The lowest BCUT2D eigenvalue weighted by molar-refractivity contribution is 0.181. The lowest BCUT2D eigenvalue weighted by atomic mass is 10.1. The SMILES string of the molecule is NC(=O)N1CCCCC[C@H]1c1noc(-c2ccccc2)n1. The van der Waals surface area contributed by atoms with Gasteiger partial charge in [-0.3, -0.25) is 0 Å². The van der Waals surface area contributed by atoms with Crippen LogP contribution in [0.4, 0.5) is 4.79 Å². The number of rotatable bonds is 2. The van der Waals surface area contributed by atoms with Crippen molar-refractivity contribution in [2.24, 2.45) is 5.73 Å². The Morgan fingerprint density at radius 3 is 2.81 bits per heavy atom. The van der Waals surface area contributed by atoms with E-state index in [-0.39, 0.29) is 6.04 Å². The van der Waals surface area contributed by atoms with Gasteiger partial charge in [0, 0.05) is 12.1 Å². The molecule has 0 saturated carbocycles. The van der Waals surface area contributed by atoms with Crippen LogP contribution in [0.3, 0.4) is 0 Å². The van der Waals surface area contributed by atoms with Gasteiger partial charge in [-0.2, -0.15) is 4.98 Å². The molecule has 0 spiro atoms. The van der Waals surface area contributed by atoms with Gasteiger partial charge in [0.05, 0.1) is 6.04 Å². The first-order chi connectivity index (χ1) is 10.3. The highest BCUT2D eigenvalue weighted by atomic mass is 16.5. The average Bonchev–Trinajstić information content (AvgIpc) is 2.85. The zero-order chi connectivity index (χ0) is 14.7. The second-order valence-corrected chi connectivity index (χ2v) is 5.22. The monoisotopic (exact) mass is 286 g/mol. The fraction of sp³-hybridized carbons (Fsp3) is 0.400. The van der Waals surface area contributed by atoms with E-state index in [0.717, 1.165) is 31.2 Å². The maximum atomic E-state index is 11.6. The van der Waals surface area contributed by atoms with Crippen LogP contribution in [0.15, 0.2) is 34.9 Å². The fourth-order valence-corrected chi connectivity index (χ4v) is 2.71. The van der Waals surface area contributed by atoms with Crippen molar-refractivity contribution in [3.63, 3.8) is 0 Å². The summed E-state index contributed by atoms with van der Waals surface area (Å²) in [6.45, 7) is 0.648. The molecule has 1 aliphatic rings. The Morgan fingerprint density at radius 2 is 2.05 bits per heavy atom. The van der Waals surface area contributed by atoms with Crippen LogP contribution in [0.1, 0.15) is 37.5 Å². The molecule has 2 heterocycles. The number of hydrogen-bond donors (Lipinski definition) is 1. The third-order valence-electron chi connectivity index (χ3n) is 3.80. The molecule has 1 atom stereocenters. The highest BCUT2D eigenvalue weighted by molar-refractivity contribution is 5.72. The highest BCUT2D eigenvalue weighted by Crippen LogP contribution is 2.29. The number of carbonyl (C=O) groups excluding carboxylic acids is 1. The fourth-order valence-electron chi connectivity index (χ4n) is 2.71. The molecule has 0 aliphatic carbocycles. The molecule has 2 amide bonds. The predicted octanol–water partition coefficient (Wildman–Crippen LogP) is 2.73. The standard InChI is InChI=1S/C15H18N4O2/c16-15(20)19-10-6-2-5-9-12(19)13-17-14(21-18-13)11-7-3-1-4-8-11/h1,3-4,7-8,12H,2,5-6,9-10H2,(H2,16,20)/t12-/m0/s1. The molecule has 6 nitrogen and oxygen atoms in total. The summed E-state index contributed by atoms with van der Waals surface area (Å²) in [4.78, 5) is 17.7. The zero-order valence-electron chi connectivity index (χ0n) is 11.7. The van der Waals surface area contributed by atoms with Crippen LogP contribution in [-0.4, -0.2) is 27.6 Å². The Hall–Kier alpha value is -2.37. The number of likely N-dealkylation sites (tertiary alicyclic amines) is 1. The van der Waals surface area contributed by atoms with E-state index in [1.54, 1.807) is 4.90 Å². The van der Waals surface area contributed by atoms with Gasteiger partial charge in [0.25, 0.3) is 5.89 Å². The van der Waals surface area contributed by atoms with Crippen molar-refractivity contribution in [1.29, 1.82) is 0 Å². The molecule has 1 aromatic heterocycles. The quantitative estimate of drug-likeness (QED) is 0.919. The van der Waals surface area contributed by atoms with Gasteiger partial charge in [0.15, 0.2) is 5.82 Å². The van der Waals surface area contributed by atoms with Crippen molar-refractivity contribution in [2.45, 2.75) is 31.7 Å². The maximum absolute atomic E-state index is 11.6. The van der Waals surface area contributed by atoms with Gasteiger partial charge in [-0.1, -0.05) is 36.2 Å². The Bertz CT molecular complexity index is 611. The third-order valence-corrected chi connectivity index (χ3v) is 3.80. The Kier molecular flexibility index (Phi) is 3.85. The van der Waals surface area contributed by atoms with E-state index in [1.807, 2.05) is 30.3 Å². The first-order valence-corrected chi connectivity index (χ1v) is 7.21. The zero-order valence-corrected chi connectivity index (χ0v) is 11.7. The lowest BCUT2D eigenvalue weighted by Gasteiger charge is -2.25. The third kappa shape index (κ3) is 2.89. The van der Waals surface area contributed by atoms with Crippen LogP contribution in [0.25, 0.3) is 11.5 Å². The van der Waals surface area contributed by atoms with E-state index in [2.05, 4.69) is 10.1 Å². The number of carbonyl (C=O) groups is 1. The summed E-state index contributed by atoms with van der Waals surface area (Å²) in [5, 5.41) is 4.05. The Labute approximate surface area is 122 Å². The van der Waals surface area contributed by atoms with Crippen molar-refractivity contribution >= 4 is 6.03 Å². The molecular weight excluding hydrogens is 268 g/mol. The number of aromatic nitrogens is 2. The van der Waals surface area contributed by atoms with E-state index in [4.69, 9.17) is 10.3 Å². The molecule has 3 rings (SSSR count). The molecule has 0 radical (unpaired) electrons. The van der Waals surface area contributed by atoms with Crippen molar-refractivity contribution < 1.29 is 9.32 Å². The number of benzene rings is 1. The number of nitrogens with two attached hydrogens (primary N) is 1. The summed E-state index contributed by atoms with van der Waals surface area (Å²) in [6.07, 6.45) is 3.90. The van der Waals surface area contributed by atoms with Gasteiger partial charge in [0.1, 0.15) is 0 Å². The van der Waals surface area contributed by atoms with E-state index >= 15 is 0 Å². The number of nitrogens with zero attached hydrogens (tertiary/aromatic N) is 3. The largest absolute Gasteiger partial charge is 0.351 e. The molecule has 0 bridgehead atoms. The molecule has 6 heteroatoms. The van der Waals surface area contributed by atoms with Crippen LogP contribution < -0.4 is 5.73 Å². The minimum absolute atomic E-state index is 0.189. The van der Waals surface area contributed by atoms with Gasteiger partial charge >= 0.3 is 6.03 Å². The van der Waals surface area contributed by atoms with Crippen LogP contribution in [0.5, 0.6) is 0 Å². The number of primary amides is 1. The first kappa shape index (κ1) is 13.6. The summed E-state index contributed by atoms with van der Waals surface area (Å²) in [6, 6.07) is 8.98. The Morgan fingerprint density at radius 1 is 1.24 bits per heavy atom. The second-order valence-electron chi connectivity index (χ2n) is 5.22. The highest BCUT2D eigenvalue weighted by Gasteiger charge is 2.29. The Balaban J connectivity index is 1.88. The normalized spacial score (nSPS) is 19.2. The molecule has 110 valence electrons. The maximum Gasteiger partial charge on any atom is 0.315 e. The van der Waals surface area contributed by atoms with Crippen molar-refractivity contribution in [3.8, 4) is 11.5 Å². The minimum Gasteiger partial charge on any atom is -0.351 e. The summed E-state index contributed by atoms with van der Waals surface area (Å²) in [7, 11) is 0. The van der Waals surface area contributed by atoms with E-state index in [1.165, 1.54) is 0 Å². The van der Waals surface area contributed by atoms with Gasteiger partial charge in [-0.05, 0) is 25.0 Å². The van der Waals surface area contributed by atoms with Crippen LogP contribution in [0, 0.1) is 0 Å². The van der Waals surface area contributed by atoms with Crippen LogP contribution in [-0.2, 0) is 0 Å². The van der Waals surface area contributed by atoms with Crippen molar-refractivity contribution in [3.05, 3.63) is 36.2 Å². The predicted molar refractivity (Wildman–Crippen MR) is 77.2 cm³/mol. The van der Waals surface area contributed by atoms with Crippen molar-refractivity contribution in [1.82, 2.24) is 15.0 Å². The molecular formula is C15H18N4O2. The molecule has 0 unspecified atom stereocenters. The summed E-state index contributed by atoms with van der Waals surface area (Å²) in [5.41, 5.74) is 6.35. The molecule has 1 fully saturated rings. The lowest BCUT2D eigenvalue weighted by Crippen LogP contribution is -2.39. The molecule has 1 saturated heterocycles. The first-order valence-electron chi connectivity index (χ1n) is 7.21. The molecule has 21 heavy (non-hydrogen) atoms. The molecule has 1 aliphatic heterocycles. The smallest absolute Gasteiger partial charge is 0.315 e. The molecule has 1 aromatic carbocycles. The van der Waals surface area contributed by atoms with E-state index in [9.17, 15) is 4.79 Å². The molecule has 2 N–H and O–H groups in total. The number of amides is 2. The van der Waals surface area contributed by atoms with Gasteiger partial charge in [-0.15, -0.1) is 0 Å². The van der Waals surface area contributed by atoms with Gasteiger partial charge < -0.3 is 15.2 Å². The van der Waals surface area contributed by atoms with Crippen molar-refractivity contribution in [2.75, 3.05) is 6.54 Å². The molecule has 2 aromatic rings. The second kappa shape index (κ2) is 5.95. The summed E-state index contributed by atoms with van der Waals surface area (Å²) in [5.74, 6) is 1.01. The topological polar surface area (TPSA) is 85.3 Å². The van der Waals surface area contributed by atoms with Gasteiger partial charge in [0.2, 0.25) is 0 Å². The summed E-state index contributed by atoms with van der Waals surface area (Å²) < 4.78 is 5.33. The average molecular weight is 286 g/mol. The van der Waals surface area contributed by atoms with Gasteiger partial charge in [-0.25, -0.2) is 4.79 Å². The number of urea groups is 1. The van der Waals surface area contributed by atoms with E-state index < -0.39 is 6.03 Å². The summed E-state index contributed by atoms with van der Waals surface area (Å²) >= 11 is 0.